The number of rotatable bonds is 2. The number of nitrogen functional groups attached to an aromatic ring is 1. The van der Waals surface area contributed by atoms with Crippen molar-refractivity contribution in [2.75, 3.05) is 25.9 Å². The molecule has 2 N–H and O–H groups in total. The van der Waals surface area contributed by atoms with Gasteiger partial charge in [-0.3, -0.25) is 0 Å². The van der Waals surface area contributed by atoms with Gasteiger partial charge in [0.2, 0.25) is 0 Å². The van der Waals surface area contributed by atoms with Crippen LogP contribution in [0.2, 0.25) is 0 Å². The van der Waals surface area contributed by atoms with Crippen molar-refractivity contribution in [1.82, 2.24) is 14.3 Å². The molecule has 0 atom stereocenters. The first-order valence-electron chi connectivity index (χ1n) is 6.62. The molecule has 1 aliphatic heterocycles. The molecule has 0 bridgehead atoms. The molecule has 1 saturated heterocycles. The van der Waals surface area contributed by atoms with Crippen molar-refractivity contribution in [3.05, 3.63) is 30.4 Å². The van der Waals surface area contributed by atoms with Gasteiger partial charge in [0, 0.05) is 18.3 Å². The van der Waals surface area contributed by atoms with Gasteiger partial charge in [-0.15, -0.1) is 0 Å². The monoisotopic (exact) mass is 244 g/mol. The maximum atomic E-state index is 5.79. The van der Waals surface area contributed by atoms with Gasteiger partial charge in [0.1, 0.15) is 5.82 Å². The summed E-state index contributed by atoms with van der Waals surface area (Å²) < 4.78 is 2.16. The van der Waals surface area contributed by atoms with Crippen molar-refractivity contribution >= 4 is 11.2 Å². The molecule has 1 fully saturated rings. The predicted molar refractivity (Wildman–Crippen MR) is 73.5 cm³/mol. The fourth-order valence-electron chi connectivity index (χ4n) is 2.75. The molecule has 2 aromatic heterocycles. The molecular weight excluding hydrogens is 224 g/mol. The predicted octanol–water partition coefficient (Wildman–Crippen LogP) is 1.80. The molecule has 0 spiro atoms. The van der Waals surface area contributed by atoms with E-state index < -0.39 is 0 Å². The average Bonchev–Trinajstić information content (AvgIpc) is 2.74. The Kier molecular flexibility index (Phi) is 2.96. The summed E-state index contributed by atoms with van der Waals surface area (Å²) in [5.74, 6) is 1.93. The maximum absolute atomic E-state index is 5.79. The molecular formula is C14H20N4. The quantitative estimate of drug-likeness (QED) is 0.876. The highest BCUT2D eigenvalue weighted by atomic mass is 15.1. The summed E-state index contributed by atoms with van der Waals surface area (Å²) in [5.41, 5.74) is 7.68. The number of aromatic nitrogens is 2. The van der Waals surface area contributed by atoms with Crippen LogP contribution in [-0.4, -0.2) is 34.4 Å². The van der Waals surface area contributed by atoms with Gasteiger partial charge in [0.05, 0.1) is 11.7 Å². The lowest BCUT2D eigenvalue weighted by molar-refractivity contribution is 0.217. The zero-order valence-corrected chi connectivity index (χ0v) is 10.8. The number of imidazole rings is 1. The minimum atomic E-state index is 0.768. The zero-order chi connectivity index (χ0) is 12.5. The number of hydrogen-bond donors (Lipinski definition) is 1. The van der Waals surface area contributed by atoms with E-state index in [-0.39, 0.29) is 0 Å². The van der Waals surface area contributed by atoms with Crippen molar-refractivity contribution in [2.45, 2.75) is 19.3 Å². The second-order valence-corrected chi connectivity index (χ2v) is 5.38. The molecule has 3 heterocycles. The van der Waals surface area contributed by atoms with Crippen LogP contribution in [0, 0.1) is 5.92 Å². The first kappa shape index (κ1) is 11.5. The fraction of sp³-hybridized carbons (Fsp3) is 0.500. The molecule has 96 valence electrons. The van der Waals surface area contributed by atoms with Crippen LogP contribution in [0.15, 0.2) is 24.5 Å². The van der Waals surface area contributed by atoms with Gasteiger partial charge < -0.3 is 15.0 Å². The number of pyridine rings is 1. The molecule has 4 heteroatoms. The van der Waals surface area contributed by atoms with Crippen molar-refractivity contribution in [2.24, 2.45) is 5.92 Å². The van der Waals surface area contributed by atoms with Gasteiger partial charge in [-0.1, -0.05) is 0 Å². The first-order valence-corrected chi connectivity index (χ1v) is 6.62. The second-order valence-electron chi connectivity index (χ2n) is 5.38. The standard InChI is InChI=1S/C14H20N4/c1-17-5-2-11(3-6-17)8-14-16-10-13-9-12(15)4-7-18(13)14/h4,7,9-11H,2-3,5-6,8,15H2,1H3. The van der Waals surface area contributed by atoms with Gasteiger partial charge in [-0.05, 0) is 51.0 Å². The van der Waals surface area contributed by atoms with Crippen LogP contribution in [-0.2, 0) is 6.42 Å². The summed E-state index contributed by atoms with van der Waals surface area (Å²) in [6.07, 6.45) is 7.58. The molecule has 0 amide bonds. The zero-order valence-electron chi connectivity index (χ0n) is 10.8. The summed E-state index contributed by atoms with van der Waals surface area (Å²) in [5, 5.41) is 0. The Balaban J connectivity index is 1.78. The van der Waals surface area contributed by atoms with E-state index in [0.717, 1.165) is 23.5 Å². The normalized spacial score (nSPS) is 18.5. The number of likely N-dealkylation sites (tertiary alicyclic amines) is 1. The maximum Gasteiger partial charge on any atom is 0.113 e. The summed E-state index contributed by atoms with van der Waals surface area (Å²) in [4.78, 5) is 6.95. The van der Waals surface area contributed by atoms with Crippen molar-refractivity contribution < 1.29 is 0 Å². The molecule has 0 unspecified atom stereocenters. The molecule has 0 aromatic carbocycles. The van der Waals surface area contributed by atoms with E-state index in [4.69, 9.17) is 5.73 Å². The second kappa shape index (κ2) is 4.61. The number of nitrogens with two attached hydrogens (primary N) is 1. The minimum Gasteiger partial charge on any atom is -0.399 e. The summed E-state index contributed by atoms with van der Waals surface area (Å²) >= 11 is 0. The van der Waals surface area contributed by atoms with E-state index in [1.807, 2.05) is 24.5 Å². The molecule has 0 radical (unpaired) electrons. The average molecular weight is 244 g/mol. The Morgan fingerprint density at radius 3 is 2.94 bits per heavy atom. The topological polar surface area (TPSA) is 46.6 Å². The van der Waals surface area contributed by atoms with Crippen molar-refractivity contribution in [3.8, 4) is 0 Å². The van der Waals surface area contributed by atoms with Crippen LogP contribution in [0.5, 0.6) is 0 Å². The van der Waals surface area contributed by atoms with E-state index >= 15 is 0 Å². The summed E-state index contributed by atoms with van der Waals surface area (Å²) in [6, 6.07) is 3.91. The van der Waals surface area contributed by atoms with E-state index in [1.165, 1.54) is 31.8 Å². The third-order valence-electron chi connectivity index (χ3n) is 3.94. The Hall–Kier alpha value is -1.55. The van der Waals surface area contributed by atoms with Crippen LogP contribution in [0.4, 0.5) is 5.69 Å². The van der Waals surface area contributed by atoms with Gasteiger partial charge in [0.25, 0.3) is 0 Å². The summed E-state index contributed by atoms with van der Waals surface area (Å²) in [7, 11) is 2.20. The van der Waals surface area contributed by atoms with Crippen LogP contribution < -0.4 is 5.73 Å². The van der Waals surface area contributed by atoms with Gasteiger partial charge >= 0.3 is 0 Å². The highest BCUT2D eigenvalue weighted by Gasteiger charge is 2.18. The lowest BCUT2D eigenvalue weighted by atomic mass is 9.93. The minimum absolute atomic E-state index is 0.768. The molecule has 3 rings (SSSR count). The van der Waals surface area contributed by atoms with E-state index in [0.29, 0.717) is 0 Å². The molecule has 1 aliphatic rings. The number of fused-ring (bicyclic) bond motifs is 1. The van der Waals surface area contributed by atoms with E-state index in [2.05, 4.69) is 21.3 Å². The number of hydrogen-bond acceptors (Lipinski definition) is 3. The Labute approximate surface area is 107 Å². The smallest absolute Gasteiger partial charge is 0.113 e. The number of nitrogens with zero attached hydrogens (tertiary/aromatic N) is 3. The third-order valence-corrected chi connectivity index (χ3v) is 3.94. The van der Waals surface area contributed by atoms with Crippen LogP contribution in [0.25, 0.3) is 5.52 Å². The highest BCUT2D eigenvalue weighted by Crippen LogP contribution is 2.21. The molecule has 18 heavy (non-hydrogen) atoms. The third kappa shape index (κ3) is 2.20. The van der Waals surface area contributed by atoms with Crippen molar-refractivity contribution in [3.63, 3.8) is 0 Å². The Morgan fingerprint density at radius 1 is 1.39 bits per heavy atom. The Bertz CT molecular complexity index is 538. The Morgan fingerprint density at radius 2 is 2.17 bits per heavy atom. The van der Waals surface area contributed by atoms with Gasteiger partial charge in [-0.2, -0.15) is 0 Å². The molecule has 0 saturated carbocycles. The SMILES string of the molecule is CN1CCC(Cc2ncc3cc(N)ccn23)CC1. The lowest BCUT2D eigenvalue weighted by Gasteiger charge is -2.28. The highest BCUT2D eigenvalue weighted by molar-refractivity contribution is 5.55. The largest absolute Gasteiger partial charge is 0.399 e. The van der Waals surface area contributed by atoms with Gasteiger partial charge in [-0.25, -0.2) is 4.98 Å². The molecule has 4 nitrogen and oxygen atoms in total. The van der Waals surface area contributed by atoms with Gasteiger partial charge in [0.15, 0.2) is 0 Å². The first-order chi connectivity index (χ1) is 8.72. The van der Waals surface area contributed by atoms with Crippen LogP contribution >= 0.6 is 0 Å². The molecule has 2 aromatic rings. The number of anilines is 1. The van der Waals surface area contributed by atoms with Crippen LogP contribution in [0.1, 0.15) is 18.7 Å². The lowest BCUT2D eigenvalue weighted by Crippen LogP contribution is -2.31. The van der Waals surface area contributed by atoms with E-state index in [9.17, 15) is 0 Å². The fourth-order valence-corrected chi connectivity index (χ4v) is 2.75. The molecule has 0 aliphatic carbocycles. The van der Waals surface area contributed by atoms with E-state index in [1.54, 1.807) is 0 Å². The number of piperidine rings is 1. The van der Waals surface area contributed by atoms with Crippen molar-refractivity contribution in [1.29, 1.82) is 0 Å². The van der Waals surface area contributed by atoms with Crippen LogP contribution in [0.3, 0.4) is 0 Å². The summed E-state index contributed by atoms with van der Waals surface area (Å²) in [6.45, 7) is 2.42.